The smallest absolute Gasteiger partial charge is 0.144 e. The van der Waals surface area contributed by atoms with Gasteiger partial charge in [0.25, 0.3) is 0 Å². The topological polar surface area (TPSA) is 77.5 Å². The number of carbonyl (C=O) groups excluding carboxylic acids is 4. The average Bonchev–Trinajstić information content (AvgIpc) is 2.77. The molecule has 2 aliphatic rings. The minimum Gasteiger partial charge on any atom is -0.489 e. The lowest BCUT2D eigenvalue weighted by molar-refractivity contribution is -0.141. The Labute approximate surface area is 186 Å². The molecule has 0 saturated heterocycles. The molecule has 0 heterocycles. The van der Waals surface area contributed by atoms with Crippen LogP contribution < -0.4 is 4.74 Å². The lowest BCUT2D eigenvalue weighted by Gasteiger charge is -2.34. The van der Waals surface area contributed by atoms with Crippen LogP contribution in [-0.4, -0.2) is 23.1 Å². The molecule has 2 aliphatic carbocycles. The third-order valence-corrected chi connectivity index (χ3v) is 6.42. The maximum absolute atomic E-state index is 13.8. The van der Waals surface area contributed by atoms with Crippen LogP contribution in [0.5, 0.6) is 5.75 Å². The van der Waals surface area contributed by atoms with Gasteiger partial charge >= 0.3 is 0 Å². The highest BCUT2D eigenvalue weighted by Gasteiger charge is 2.47. The van der Waals surface area contributed by atoms with Gasteiger partial charge in [-0.05, 0) is 36.6 Å². The Morgan fingerprint density at radius 2 is 1.25 bits per heavy atom. The first kappa shape index (κ1) is 22.1. The van der Waals surface area contributed by atoms with Gasteiger partial charge in [-0.25, -0.2) is 4.39 Å². The lowest BCUT2D eigenvalue weighted by atomic mass is 9.65. The van der Waals surface area contributed by atoms with E-state index >= 15 is 0 Å². The molecule has 166 valence electrons. The van der Waals surface area contributed by atoms with Gasteiger partial charge in [-0.15, -0.1) is 0 Å². The Morgan fingerprint density at radius 3 is 1.75 bits per heavy atom. The molecular weight excluding hydrogens is 411 g/mol. The molecule has 5 nitrogen and oxygen atoms in total. The van der Waals surface area contributed by atoms with Crippen molar-refractivity contribution in [1.82, 2.24) is 0 Å². The summed E-state index contributed by atoms with van der Waals surface area (Å²) in [7, 11) is 0. The van der Waals surface area contributed by atoms with E-state index < -0.39 is 17.8 Å². The van der Waals surface area contributed by atoms with E-state index in [1.54, 1.807) is 42.5 Å². The van der Waals surface area contributed by atoms with Gasteiger partial charge in [0.2, 0.25) is 0 Å². The minimum absolute atomic E-state index is 0.0502. The van der Waals surface area contributed by atoms with Gasteiger partial charge in [0.1, 0.15) is 41.3 Å². The largest absolute Gasteiger partial charge is 0.489 e. The van der Waals surface area contributed by atoms with Crippen molar-refractivity contribution < 1.29 is 28.3 Å². The Morgan fingerprint density at radius 1 is 0.750 bits per heavy atom. The highest BCUT2D eigenvalue weighted by Crippen LogP contribution is 2.41. The predicted molar refractivity (Wildman–Crippen MR) is 115 cm³/mol. The molecule has 0 aliphatic heterocycles. The number of rotatable bonds is 6. The molecule has 0 spiro atoms. The number of ketones is 4. The summed E-state index contributed by atoms with van der Waals surface area (Å²) in [6, 6.07) is 13.1. The van der Waals surface area contributed by atoms with E-state index in [4.69, 9.17) is 4.74 Å². The van der Waals surface area contributed by atoms with Gasteiger partial charge in [0, 0.05) is 37.2 Å². The van der Waals surface area contributed by atoms with E-state index in [0.717, 1.165) is 0 Å². The zero-order chi connectivity index (χ0) is 22.7. The number of Topliss-reactive ketones (excluding diaryl/α,β-unsaturated/α-hetero) is 4. The SMILES string of the molecule is O=C1CCCC(=O)C1C(c1ccc(OCc2ccccc2F)cc1)C1C(=O)CCCC1=O. The summed E-state index contributed by atoms with van der Waals surface area (Å²) in [5.41, 5.74) is 1.02. The predicted octanol–water partition coefficient (Wildman–Crippen LogP) is 4.36. The lowest BCUT2D eigenvalue weighted by Crippen LogP contribution is -2.43. The third kappa shape index (κ3) is 4.54. The molecule has 0 unspecified atom stereocenters. The molecule has 2 aromatic carbocycles. The highest BCUT2D eigenvalue weighted by molar-refractivity contribution is 6.10. The van der Waals surface area contributed by atoms with Crippen molar-refractivity contribution in [3.63, 3.8) is 0 Å². The Bertz CT molecular complexity index is 972. The van der Waals surface area contributed by atoms with Crippen LogP contribution in [0.25, 0.3) is 0 Å². The second-order valence-electron chi connectivity index (χ2n) is 8.50. The van der Waals surface area contributed by atoms with Gasteiger partial charge < -0.3 is 4.74 Å². The fourth-order valence-electron chi connectivity index (χ4n) is 4.80. The summed E-state index contributed by atoms with van der Waals surface area (Å²) in [5.74, 6) is -3.37. The van der Waals surface area contributed by atoms with Crippen LogP contribution in [0.1, 0.15) is 55.6 Å². The van der Waals surface area contributed by atoms with Gasteiger partial charge in [-0.3, -0.25) is 19.2 Å². The highest BCUT2D eigenvalue weighted by atomic mass is 19.1. The number of benzene rings is 2. The van der Waals surface area contributed by atoms with Crippen molar-refractivity contribution in [2.45, 2.75) is 51.0 Å². The second kappa shape index (κ2) is 9.55. The van der Waals surface area contributed by atoms with E-state index in [1.807, 2.05) is 0 Å². The molecule has 0 atom stereocenters. The van der Waals surface area contributed by atoms with Crippen LogP contribution in [0.4, 0.5) is 4.39 Å². The molecule has 0 bridgehead atoms. The summed E-state index contributed by atoms with van der Waals surface area (Å²) in [6.07, 6.45) is 2.15. The molecule has 32 heavy (non-hydrogen) atoms. The molecule has 0 aromatic heterocycles. The molecule has 0 N–H and O–H groups in total. The Balaban J connectivity index is 1.61. The van der Waals surface area contributed by atoms with E-state index in [-0.39, 0.29) is 61.2 Å². The van der Waals surface area contributed by atoms with Crippen LogP contribution in [0.15, 0.2) is 48.5 Å². The van der Waals surface area contributed by atoms with Crippen LogP contribution >= 0.6 is 0 Å². The van der Waals surface area contributed by atoms with Crippen molar-refractivity contribution >= 4 is 23.1 Å². The normalized spacial score (nSPS) is 18.4. The van der Waals surface area contributed by atoms with Crippen LogP contribution in [0, 0.1) is 17.7 Å². The first-order valence-electron chi connectivity index (χ1n) is 11.0. The monoisotopic (exact) mass is 436 g/mol. The fourth-order valence-corrected chi connectivity index (χ4v) is 4.80. The first-order valence-corrected chi connectivity index (χ1v) is 11.0. The summed E-state index contributed by atoms with van der Waals surface area (Å²) in [4.78, 5) is 50.9. The summed E-state index contributed by atoms with van der Waals surface area (Å²) < 4.78 is 19.5. The quantitative estimate of drug-likeness (QED) is 0.629. The maximum atomic E-state index is 13.8. The molecular formula is C26H25FO5. The summed E-state index contributed by atoms with van der Waals surface area (Å²) in [5, 5.41) is 0. The number of halogens is 1. The van der Waals surface area contributed by atoms with Crippen molar-refractivity contribution in [3.05, 3.63) is 65.5 Å². The summed E-state index contributed by atoms with van der Waals surface area (Å²) >= 11 is 0. The second-order valence-corrected chi connectivity index (χ2v) is 8.50. The van der Waals surface area contributed by atoms with E-state index in [1.165, 1.54) is 6.07 Å². The molecule has 2 fully saturated rings. The van der Waals surface area contributed by atoms with Gasteiger partial charge in [-0.1, -0.05) is 30.3 Å². The number of ether oxygens (including phenoxy) is 1. The zero-order valence-electron chi connectivity index (χ0n) is 17.7. The number of hydrogen-bond acceptors (Lipinski definition) is 5. The minimum atomic E-state index is -0.968. The zero-order valence-corrected chi connectivity index (χ0v) is 17.7. The van der Waals surface area contributed by atoms with E-state index in [9.17, 15) is 23.6 Å². The number of hydrogen-bond donors (Lipinski definition) is 0. The summed E-state index contributed by atoms with van der Waals surface area (Å²) in [6.45, 7) is 0.0502. The van der Waals surface area contributed by atoms with Crippen molar-refractivity contribution in [2.24, 2.45) is 11.8 Å². The molecule has 2 aromatic rings. The number of carbonyl (C=O) groups is 4. The first-order chi connectivity index (χ1) is 15.5. The van der Waals surface area contributed by atoms with E-state index in [2.05, 4.69) is 0 Å². The van der Waals surface area contributed by atoms with Gasteiger partial charge in [0.05, 0.1) is 11.8 Å². The molecule has 0 amide bonds. The van der Waals surface area contributed by atoms with Crippen LogP contribution in [0.3, 0.4) is 0 Å². The molecule has 2 saturated carbocycles. The van der Waals surface area contributed by atoms with Crippen LogP contribution in [0.2, 0.25) is 0 Å². The third-order valence-electron chi connectivity index (χ3n) is 6.42. The van der Waals surface area contributed by atoms with Crippen molar-refractivity contribution in [1.29, 1.82) is 0 Å². The Kier molecular flexibility index (Phi) is 6.58. The fraction of sp³-hybridized carbons (Fsp3) is 0.385. The van der Waals surface area contributed by atoms with Gasteiger partial charge in [-0.2, -0.15) is 0 Å². The molecule has 0 radical (unpaired) electrons. The van der Waals surface area contributed by atoms with E-state index in [0.29, 0.717) is 29.7 Å². The van der Waals surface area contributed by atoms with Crippen molar-refractivity contribution in [2.75, 3.05) is 0 Å². The van der Waals surface area contributed by atoms with Crippen molar-refractivity contribution in [3.8, 4) is 5.75 Å². The van der Waals surface area contributed by atoms with Gasteiger partial charge in [0.15, 0.2) is 0 Å². The molecule has 6 heteroatoms. The maximum Gasteiger partial charge on any atom is 0.144 e. The standard InChI is InChI=1S/C26H25FO5/c27-19-6-2-1-5-17(19)15-32-18-13-11-16(12-14-18)24(25-20(28)7-3-8-21(25)29)26-22(30)9-4-10-23(26)31/h1-2,5-6,11-14,24-26H,3-4,7-10,15H2. The average molecular weight is 436 g/mol. The van der Waals surface area contributed by atoms with Crippen LogP contribution in [-0.2, 0) is 25.8 Å². The Hall–Kier alpha value is -3.15. The molecule has 4 rings (SSSR count).